The van der Waals surface area contributed by atoms with Gasteiger partial charge in [-0.2, -0.15) is 0 Å². The van der Waals surface area contributed by atoms with Crippen LogP contribution in [-0.4, -0.2) is 6.54 Å². The van der Waals surface area contributed by atoms with Gasteiger partial charge in [-0.1, -0.05) is 42.3 Å². The molecule has 0 heterocycles. The molecule has 1 N–H and O–H groups in total. The number of hydrogen-bond donors (Lipinski definition) is 1. The van der Waals surface area contributed by atoms with Crippen molar-refractivity contribution < 1.29 is 4.39 Å². The summed E-state index contributed by atoms with van der Waals surface area (Å²) in [6.07, 6.45) is 0. The quantitative estimate of drug-likeness (QED) is 0.824. The maximum absolute atomic E-state index is 13.6. The minimum absolute atomic E-state index is 0.154. The van der Waals surface area contributed by atoms with Crippen LogP contribution in [0.3, 0.4) is 0 Å². The average molecular weight is 312 g/mol. The first-order valence-electron chi connectivity index (χ1n) is 6.46. The molecule has 2 rings (SSSR count). The lowest BCUT2D eigenvalue weighted by Gasteiger charge is -2.21. The van der Waals surface area contributed by atoms with Crippen LogP contribution in [0.1, 0.15) is 29.7 Å². The summed E-state index contributed by atoms with van der Waals surface area (Å²) in [5, 5.41) is 4.50. The zero-order valence-corrected chi connectivity index (χ0v) is 12.9. The molecule has 0 spiro atoms. The summed E-state index contributed by atoms with van der Waals surface area (Å²) in [5.74, 6) is -0.243. The molecular weight excluding hydrogens is 296 g/mol. The van der Waals surface area contributed by atoms with E-state index >= 15 is 0 Å². The van der Waals surface area contributed by atoms with E-state index in [0.717, 1.165) is 23.2 Å². The van der Waals surface area contributed by atoms with Crippen LogP contribution in [0, 0.1) is 12.7 Å². The van der Waals surface area contributed by atoms with E-state index in [4.69, 9.17) is 23.2 Å². The van der Waals surface area contributed by atoms with Gasteiger partial charge in [0.2, 0.25) is 0 Å². The van der Waals surface area contributed by atoms with Gasteiger partial charge in [0, 0.05) is 10.0 Å². The van der Waals surface area contributed by atoms with Crippen molar-refractivity contribution >= 4 is 23.2 Å². The minimum Gasteiger partial charge on any atom is -0.306 e. The smallest absolute Gasteiger partial charge is 0.123 e. The molecule has 0 amide bonds. The van der Waals surface area contributed by atoms with Crippen molar-refractivity contribution in [2.75, 3.05) is 6.54 Å². The topological polar surface area (TPSA) is 12.0 Å². The Morgan fingerprint density at radius 1 is 1.15 bits per heavy atom. The molecule has 106 valence electrons. The molecule has 0 aliphatic heterocycles. The lowest BCUT2D eigenvalue weighted by Crippen LogP contribution is -2.22. The number of halogens is 3. The Morgan fingerprint density at radius 3 is 2.50 bits per heavy atom. The zero-order chi connectivity index (χ0) is 14.7. The summed E-state index contributed by atoms with van der Waals surface area (Å²) in [6, 6.07) is 10.2. The fraction of sp³-hybridized carbons (Fsp3) is 0.250. The van der Waals surface area contributed by atoms with E-state index in [1.165, 1.54) is 12.1 Å². The molecule has 0 saturated carbocycles. The molecule has 0 fully saturated rings. The predicted molar refractivity (Wildman–Crippen MR) is 83.1 cm³/mol. The van der Waals surface area contributed by atoms with Crippen molar-refractivity contribution in [2.45, 2.75) is 19.9 Å². The van der Waals surface area contributed by atoms with Crippen LogP contribution in [-0.2, 0) is 0 Å². The summed E-state index contributed by atoms with van der Waals surface area (Å²) in [4.78, 5) is 0. The molecule has 0 aliphatic rings. The third-order valence-corrected chi connectivity index (χ3v) is 3.64. The number of benzene rings is 2. The number of nitrogens with one attached hydrogen (secondary N) is 1. The first-order chi connectivity index (χ1) is 9.51. The third-order valence-electron chi connectivity index (χ3n) is 3.08. The van der Waals surface area contributed by atoms with E-state index in [1.807, 2.05) is 26.0 Å². The molecule has 2 aromatic rings. The van der Waals surface area contributed by atoms with Gasteiger partial charge in [0.1, 0.15) is 5.82 Å². The number of hydrogen-bond acceptors (Lipinski definition) is 1. The Balaban J connectivity index is 2.49. The number of rotatable bonds is 4. The molecule has 0 radical (unpaired) electrons. The van der Waals surface area contributed by atoms with Gasteiger partial charge in [-0.15, -0.1) is 0 Å². The molecule has 0 saturated heterocycles. The Kier molecular flexibility index (Phi) is 5.03. The first-order valence-corrected chi connectivity index (χ1v) is 7.22. The van der Waals surface area contributed by atoms with Crippen molar-refractivity contribution in [3.8, 4) is 0 Å². The summed E-state index contributed by atoms with van der Waals surface area (Å²) >= 11 is 12.2. The van der Waals surface area contributed by atoms with Crippen LogP contribution in [0.5, 0.6) is 0 Å². The van der Waals surface area contributed by atoms with Gasteiger partial charge in [0.15, 0.2) is 0 Å². The monoisotopic (exact) mass is 311 g/mol. The highest BCUT2D eigenvalue weighted by molar-refractivity contribution is 6.35. The molecule has 2 aromatic carbocycles. The maximum Gasteiger partial charge on any atom is 0.123 e. The maximum atomic E-state index is 13.6. The summed E-state index contributed by atoms with van der Waals surface area (Å²) in [6.45, 7) is 4.63. The van der Waals surface area contributed by atoms with Crippen molar-refractivity contribution in [3.05, 3.63) is 69.0 Å². The van der Waals surface area contributed by atoms with Gasteiger partial charge in [0.05, 0.1) is 6.04 Å². The van der Waals surface area contributed by atoms with Crippen molar-refractivity contribution in [2.24, 2.45) is 0 Å². The standard InChI is InChI=1S/C16H16Cl2FN/c1-3-20-16(11-6-10(2)7-13(19)8-11)14-5-4-12(17)9-15(14)18/h4-9,16,20H,3H2,1-2H3. The van der Waals surface area contributed by atoms with Gasteiger partial charge < -0.3 is 5.32 Å². The lowest BCUT2D eigenvalue weighted by molar-refractivity contribution is 0.602. The molecule has 0 aromatic heterocycles. The SMILES string of the molecule is CCNC(c1cc(C)cc(F)c1)c1ccc(Cl)cc1Cl. The van der Waals surface area contributed by atoms with E-state index in [2.05, 4.69) is 5.32 Å². The van der Waals surface area contributed by atoms with Crippen LogP contribution >= 0.6 is 23.2 Å². The van der Waals surface area contributed by atoms with Gasteiger partial charge >= 0.3 is 0 Å². The second-order valence-corrected chi connectivity index (χ2v) is 5.56. The van der Waals surface area contributed by atoms with Crippen molar-refractivity contribution in [1.29, 1.82) is 0 Å². The van der Waals surface area contributed by atoms with Crippen LogP contribution in [0.15, 0.2) is 36.4 Å². The Morgan fingerprint density at radius 2 is 1.90 bits per heavy atom. The Bertz CT molecular complexity index is 593. The lowest BCUT2D eigenvalue weighted by atomic mass is 9.97. The van der Waals surface area contributed by atoms with Crippen molar-refractivity contribution in [1.82, 2.24) is 5.32 Å². The van der Waals surface area contributed by atoms with Crippen molar-refractivity contribution in [3.63, 3.8) is 0 Å². The van der Waals surface area contributed by atoms with Gasteiger partial charge in [-0.25, -0.2) is 4.39 Å². The van der Waals surface area contributed by atoms with Gasteiger partial charge in [0.25, 0.3) is 0 Å². The second kappa shape index (κ2) is 6.57. The zero-order valence-electron chi connectivity index (χ0n) is 11.4. The molecule has 1 unspecified atom stereocenters. The second-order valence-electron chi connectivity index (χ2n) is 4.72. The van der Waals surface area contributed by atoms with E-state index in [0.29, 0.717) is 10.0 Å². The summed E-state index contributed by atoms with van der Waals surface area (Å²) in [7, 11) is 0. The highest BCUT2D eigenvalue weighted by Gasteiger charge is 2.17. The van der Waals surface area contributed by atoms with Crippen LogP contribution in [0.4, 0.5) is 4.39 Å². The third kappa shape index (κ3) is 3.51. The van der Waals surface area contributed by atoms with Gasteiger partial charge in [-0.05, 0) is 54.4 Å². The molecule has 1 atom stereocenters. The highest BCUT2D eigenvalue weighted by Crippen LogP contribution is 2.31. The van der Waals surface area contributed by atoms with Crippen LogP contribution in [0.2, 0.25) is 10.0 Å². The number of aryl methyl sites for hydroxylation is 1. The largest absolute Gasteiger partial charge is 0.306 e. The van der Waals surface area contributed by atoms with Gasteiger partial charge in [-0.3, -0.25) is 0 Å². The molecule has 4 heteroatoms. The van der Waals surface area contributed by atoms with E-state index in [9.17, 15) is 4.39 Å². The fourth-order valence-corrected chi connectivity index (χ4v) is 2.80. The first kappa shape index (κ1) is 15.3. The highest BCUT2D eigenvalue weighted by atomic mass is 35.5. The average Bonchev–Trinajstić information content (AvgIpc) is 2.35. The molecule has 0 aliphatic carbocycles. The normalized spacial score (nSPS) is 12.4. The van der Waals surface area contributed by atoms with Crippen LogP contribution < -0.4 is 5.32 Å². The molecular formula is C16H16Cl2FN. The van der Waals surface area contributed by atoms with Crippen LogP contribution in [0.25, 0.3) is 0 Å². The molecule has 0 bridgehead atoms. The Hall–Kier alpha value is -1.09. The minimum atomic E-state index is -0.243. The van der Waals surface area contributed by atoms with E-state index < -0.39 is 0 Å². The molecule has 1 nitrogen and oxygen atoms in total. The predicted octanol–water partition coefficient (Wildman–Crippen LogP) is 5.14. The van der Waals surface area contributed by atoms with E-state index in [1.54, 1.807) is 12.1 Å². The van der Waals surface area contributed by atoms with E-state index in [-0.39, 0.29) is 11.9 Å². The summed E-state index contributed by atoms with van der Waals surface area (Å²) in [5.41, 5.74) is 2.63. The fourth-order valence-electron chi connectivity index (χ4n) is 2.28. The summed E-state index contributed by atoms with van der Waals surface area (Å²) < 4.78 is 13.6. The molecule has 20 heavy (non-hydrogen) atoms. The Labute approximate surface area is 128 Å².